The van der Waals surface area contributed by atoms with Gasteiger partial charge in [-0.3, -0.25) is 4.79 Å². The van der Waals surface area contributed by atoms with Crippen LogP contribution in [0.5, 0.6) is 5.75 Å². The third-order valence-electron chi connectivity index (χ3n) is 3.19. The van der Waals surface area contributed by atoms with Crippen molar-refractivity contribution >= 4 is 12.4 Å². The largest absolute Gasteiger partial charge is 0.497 e. The van der Waals surface area contributed by atoms with Gasteiger partial charge in [0.1, 0.15) is 5.75 Å². The number of likely N-dealkylation sites (N-methyl/N-ethyl adjacent to an activating group) is 1. The summed E-state index contributed by atoms with van der Waals surface area (Å²) in [5, 5.41) is 9.47. The van der Waals surface area contributed by atoms with Gasteiger partial charge in [-0.05, 0) is 24.1 Å². The SMILES string of the molecule is CCC(C(=O)O)(c1ccc(OC)cc1)N(C)C=O. The molecule has 1 aromatic rings. The molecule has 0 saturated heterocycles. The first-order valence-corrected chi connectivity index (χ1v) is 5.59. The molecule has 5 heteroatoms. The van der Waals surface area contributed by atoms with Crippen molar-refractivity contribution < 1.29 is 19.4 Å². The lowest BCUT2D eigenvalue weighted by Gasteiger charge is -2.35. The molecule has 0 heterocycles. The van der Waals surface area contributed by atoms with Crippen LogP contribution in [0.25, 0.3) is 0 Å². The summed E-state index contributed by atoms with van der Waals surface area (Å²) < 4.78 is 5.03. The molecule has 1 atom stereocenters. The molecular formula is C13H17NO4. The van der Waals surface area contributed by atoms with Gasteiger partial charge in [0.25, 0.3) is 0 Å². The average molecular weight is 251 g/mol. The molecule has 1 unspecified atom stereocenters. The third-order valence-corrected chi connectivity index (χ3v) is 3.19. The predicted octanol–water partition coefficient (Wildman–Crippen LogP) is 1.47. The fraction of sp³-hybridized carbons (Fsp3) is 0.385. The van der Waals surface area contributed by atoms with Gasteiger partial charge in [-0.25, -0.2) is 4.79 Å². The van der Waals surface area contributed by atoms with Crippen molar-refractivity contribution in [1.82, 2.24) is 4.90 Å². The number of carboxylic acid groups (broad SMARTS) is 1. The van der Waals surface area contributed by atoms with E-state index in [2.05, 4.69) is 0 Å². The van der Waals surface area contributed by atoms with Crippen molar-refractivity contribution in [1.29, 1.82) is 0 Å². The second-order valence-electron chi connectivity index (χ2n) is 3.96. The van der Waals surface area contributed by atoms with Crippen molar-refractivity contribution in [2.45, 2.75) is 18.9 Å². The lowest BCUT2D eigenvalue weighted by molar-refractivity contribution is -0.155. The Morgan fingerprint density at radius 3 is 2.33 bits per heavy atom. The van der Waals surface area contributed by atoms with Gasteiger partial charge < -0.3 is 14.7 Å². The van der Waals surface area contributed by atoms with E-state index in [1.165, 1.54) is 19.1 Å². The molecule has 0 aliphatic carbocycles. The van der Waals surface area contributed by atoms with Gasteiger partial charge in [0, 0.05) is 7.05 Å². The molecule has 1 amide bonds. The Morgan fingerprint density at radius 1 is 1.44 bits per heavy atom. The Kier molecular flexibility index (Phi) is 4.31. The quantitative estimate of drug-likeness (QED) is 0.777. The first-order valence-electron chi connectivity index (χ1n) is 5.59. The second-order valence-corrected chi connectivity index (χ2v) is 3.96. The summed E-state index contributed by atoms with van der Waals surface area (Å²) in [5.74, 6) is -0.410. The Labute approximate surface area is 106 Å². The molecule has 0 radical (unpaired) electrons. The number of carbonyl (C=O) groups is 2. The fourth-order valence-electron chi connectivity index (χ4n) is 2.04. The van der Waals surface area contributed by atoms with E-state index >= 15 is 0 Å². The minimum atomic E-state index is -1.34. The van der Waals surface area contributed by atoms with E-state index in [9.17, 15) is 14.7 Å². The zero-order valence-corrected chi connectivity index (χ0v) is 10.7. The van der Waals surface area contributed by atoms with E-state index in [-0.39, 0.29) is 6.42 Å². The topological polar surface area (TPSA) is 66.8 Å². The third kappa shape index (κ3) is 2.16. The fourth-order valence-corrected chi connectivity index (χ4v) is 2.04. The van der Waals surface area contributed by atoms with Gasteiger partial charge in [0.15, 0.2) is 5.54 Å². The number of aliphatic carboxylic acids is 1. The molecule has 0 spiro atoms. The highest BCUT2D eigenvalue weighted by Gasteiger charge is 2.42. The summed E-state index contributed by atoms with van der Waals surface area (Å²) in [4.78, 5) is 23.7. The van der Waals surface area contributed by atoms with Gasteiger partial charge in [-0.15, -0.1) is 0 Å². The maximum absolute atomic E-state index is 11.6. The van der Waals surface area contributed by atoms with E-state index in [1.54, 1.807) is 31.2 Å². The van der Waals surface area contributed by atoms with E-state index in [1.807, 2.05) is 0 Å². The zero-order valence-electron chi connectivity index (χ0n) is 10.7. The highest BCUT2D eigenvalue weighted by atomic mass is 16.5. The molecule has 0 aliphatic rings. The molecule has 0 aliphatic heterocycles. The monoisotopic (exact) mass is 251 g/mol. The Balaban J connectivity index is 3.32. The van der Waals surface area contributed by atoms with Crippen LogP contribution in [-0.4, -0.2) is 36.5 Å². The van der Waals surface area contributed by atoms with E-state index in [0.717, 1.165) is 0 Å². The molecule has 0 fully saturated rings. The summed E-state index contributed by atoms with van der Waals surface area (Å²) in [6, 6.07) is 6.69. The maximum Gasteiger partial charge on any atom is 0.334 e. The average Bonchev–Trinajstić information content (AvgIpc) is 2.40. The summed E-state index contributed by atoms with van der Waals surface area (Å²) in [6.45, 7) is 1.73. The molecule has 1 aromatic carbocycles. The molecule has 0 saturated carbocycles. The van der Waals surface area contributed by atoms with Crippen LogP contribution in [0.15, 0.2) is 24.3 Å². The van der Waals surface area contributed by atoms with Crippen molar-refractivity contribution in [2.75, 3.05) is 14.2 Å². The molecule has 98 valence electrons. The molecule has 1 rings (SSSR count). The van der Waals surface area contributed by atoms with Crippen LogP contribution in [0.4, 0.5) is 0 Å². The number of methoxy groups -OCH3 is 1. The van der Waals surface area contributed by atoms with Crippen LogP contribution in [0, 0.1) is 0 Å². The smallest absolute Gasteiger partial charge is 0.334 e. The van der Waals surface area contributed by atoms with Gasteiger partial charge >= 0.3 is 5.97 Å². The van der Waals surface area contributed by atoms with Crippen LogP contribution >= 0.6 is 0 Å². The Morgan fingerprint density at radius 2 is 2.00 bits per heavy atom. The van der Waals surface area contributed by atoms with Crippen molar-refractivity contribution in [3.63, 3.8) is 0 Å². The molecule has 0 bridgehead atoms. The van der Waals surface area contributed by atoms with E-state index in [0.29, 0.717) is 17.7 Å². The number of hydrogen-bond acceptors (Lipinski definition) is 3. The van der Waals surface area contributed by atoms with Crippen LogP contribution in [-0.2, 0) is 15.1 Å². The van der Waals surface area contributed by atoms with Gasteiger partial charge in [-0.1, -0.05) is 19.1 Å². The highest BCUT2D eigenvalue weighted by Crippen LogP contribution is 2.31. The number of ether oxygens (including phenoxy) is 1. The minimum Gasteiger partial charge on any atom is -0.497 e. The molecular weight excluding hydrogens is 234 g/mol. The van der Waals surface area contributed by atoms with E-state index < -0.39 is 11.5 Å². The number of rotatable bonds is 6. The lowest BCUT2D eigenvalue weighted by atomic mass is 9.86. The number of nitrogens with zero attached hydrogens (tertiary/aromatic N) is 1. The molecule has 5 nitrogen and oxygen atoms in total. The Hall–Kier alpha value is -2.04. The zero-order chi connectivity index (χ0) is 13.8. The van der Waals surface area contributed by atoms with Crippen LogP contribution in [0.3, 0.4) is 0 Å². The van der Waals surface area contributed by atoms with Gasteiger partial charge in [0.05, 0.1) is 7.11 Å². The highest BCUT2D eigenvalue weighted by molar-refractivity contribution is 5.83. The van der Waals surface area contributed by atoms with Gasteiger partial charge in [-0.2, -0.15) is 0 Å². The van der Waals surface area contributed by atoms with Gasteiger partial charge in [0.2, 0.25) is 6.41 Å². The number of hydrogen-bond donors (Lipinski definition) is 1. The predicted molar refractivity (Wildman–Crippen MR) is 66.4 cm³/mol. The Bertz CT molecular complexity index is 429. The summed E-state index contributed by atoms with van der Waals surface area (Å²) in [5.41, 5.74) is -0.790. The molecule has 1 N–H and O–H groups in total. The number of carboxylic acids is 1. The van der Waals surface area contributed by atoms with Crippen molar-refractivity contribution in [3.05, 3.63) is 29.8 Å². The van der Waals surface area contributed by atoms with Crippen molar-refractivity contribution in [3.8, 4) is 5.75 Å². The number of carbonyl (C=O) groups excluding carboxylic acids is 1. The summed E-state index contributed by atoms with van der Waals surface area (Å²) in [7, 11) is 3.01. The normalized spacial score (nSPS) is 13.5. The first kappa shape index (κ1) is 14.0. The van der Waals surface area contributed by atoms with E-state index in [4.69, 9.17) is 4.74 Å². The molecule has 0 aromatic heterocycles. The minimum absolute atomic E-state index is 0.282. The second kappa shape index (κ2) is 5.53. The van der Waals surface area contributed by atoms with Crippen LogP contribution < -0.4 is 4.74 Å². The summed E-state index contributed by atoms with van der Waals surface area (Å²) >= 11 is 0. The number of amides is 1. The van der Waals surface area contributed by atoms with Crippen molar-refractivity contribution in [2.24, 2.45) is 0 Å². The standard InChI is InChI=1S/C13H17NO4/c1-4-13(12(16)17,14(2)9-15)10-5-7-11(18-3)8-6-10/h5-9H,4H2,1-3H3,(H,16,17). The van der Waals surface area contributed by atoms with Crippen LogP contribution in [0.2, 0.25) is 0 Å². The first-order chi connectivity index (χ1) is 8.52. The number of benzene rings is 1. The molecule has 18 heavy (non-hydrogen) atoms. The van der Waals surface area contributed by atoms with Crippen LogP contribution in [0.1, 0.15) is 18.9 Å². The maximum atomic E-state index is 11.6. The lowest BCUT2D eigenvalue weighted by Crippen LogP contribution is -2.49. The summed E-state index contributed by atoms with van der Waals surface area (Å²) in [6.07, 6.45) is 0.811.